The number of nitrogens with one attached hydrogen (secondary N) is 3. The third kappa shape index (κ3) is 8.65. The number of phenols is 1. The van der Waals surface area contributed by atoms with Gasteiger partial charge in [0.15, 0.2) is 0 Å². The van der Waals surface area contributed by atoms with Gasteiger partial charge in [0.2, 0.25) is 5.60 Å². The molecule has 1 saturated carbocycles. The molecule has 14 heteroatoms. The first-order chi connectivity index (χ1) is 25.1. The molecule has 6 N–H and O–H groups in total. The van der Waals surface area contributed by atoms with Crippen molar-refractivity contribution in [1.29, 1.82) is 0 Å². The number of nitrogens with zero attached hydrogens (tertiary/aromatic N) is 1. The number of aliphatic hydroxyl groups is 2. The lowest BCUT2D eigenvalue weighted by Crippen LogP contribution is -2.41. The molecule has 0 radical (unpaired) electrons. The highest BCUT2D eigenvalue weighted by Crippen LogP contribution is 2.39. The van der Waals surface area contributed by atoms with E-state index < -0.39 is 23.8 Å². The van der Waals surface area contributed by atoms with Crippen LogP contribution in [0.2, 0.25) is 0 Å². The summed E-state index contributed by atoms with van der Waals surface area (Å²) in [5, 5.41) is 42.3. The quantitative estimate of drug-likeness (QED) is 0.0559. The van der Waals surface area contributed by atoms with E-state index in [4.69, 9.17) is 4.74 Å². The van der Waals surface area contributed by atoms with E-state index in [2.05, 4.69) is 15.6 Å². The molecule has 1 fully saturated rings. The number of thiazole rings is 1. The lowest BCUT2D eigenvalue weighted by Gasteiger charge is -2.34. The van der Waals surface area contributed by atoms with Crippen molar-refractivity contribution in [3.8, 4) is 5.75 Å². The van der Waals surface area contributed by atoms with Crippen LogP contribution in [0.1, 0.15) is 56.6 Å². The Morgan fingerprint density at radius 2 is 1.83 bits per heavy atom. The molecule has 11 nitrogen and oxygen atoms in total. The number of aromatic amines is 1. The van der Waals surface area contributed by atoms with Crippen LogP contribution in [0, 0.1) is 5.92 Å². The smallest absolute Gasteiger partial charge is 0.350 e. The van der Waals surface area contributed by atoms with Gasteiger partial charge in [-0.1, -0.05) is 48.1 Å². The third-order valence-corrected chi connectivity index (χ3v) is 12.1. The van der Waals surface area contributed by atoms with Gasteiger partial charge in [0, 0.05) is 37.8 Å². The minimum Gasteiger partial charge on any atom is -0.506 e. The van der Waals surface area contributed by atoms with E-state index in [1.54, 1.807) is 24.3 Å². The maximum Gasteiger partial charge on any atom is 0.350 e. The lowest BCUT2D eigenvalue weighted by atomic mass is 9.81. The number of esters is 1. The Hall–Kier alpha value is -4.31. The summed E-state index contributed by atoms with van der Waals surface area (Å²) in [5.74, 6) is -0.724. The van der Waals surface area contributed by atoms with Crippen LogP contribution in [-0.2, 0) is 21.6 Å². The van der Waals surface area contributed by atoms with Crippen molar-refractivity contribution in [2.24, 2.45) is 5.92 Å². The van der Waals surface area contributed by atoms with Gasteiger partial charge in [0.05, 0.1) is 20.6 Å². The normalized spacial score (nSPS) is 14.7. The Kier molecular flexibility index (Phi) is 12.3. The van der Waals surface area contributed by atoms with Crippen LogP contribution in [0.25, 0.3) is 10.2 Å². The summed E-state index contributed by atoms with van der Waals surface area (Å²) < 4.78 is 6.56. The first kappa shape index (κ1) is 37.4. The van der Waals surface area contributed by atoms with Crippen LogP contribution in [0.5, 0.6) is 5.75 Å². The van der Waals surface area contributed by atoms with E-state index in [1.807, 2.05) is 65.3 Å². The molecule has 1 aliphatic carbocycles. The standard InChI is InChI=1S/C38H42N4O7S3/c1-42(18-15-30(25-7-3-8-25)49-36(46)38(48,31-10-4-20-50-31)32-11-5-21-51-32)19-17-40-35(45)26-9-2-6-24(22-26)14-16-39-23-29(44)27-12-13-28(43)33-34(27)52-37(47)41-33/h2,4-6,9-13,15,18,20-22,25,29-30,39,43-44,48H,3,7-8,14,16-17,19,23H2,1H3,(H,40,45)(H,41,47)/b18-15+. The summed E-state index contributed by atoms with van der Waals surface area (Å²) in [6.07, 6.45) is 5.97. The molecule has 0 aliphatic heterocycles. The molecule has 3 aromatic heterocycles. The van der Waals surface area contributed by atoms with Gasteiger partial charge in [-0.2, -0.15) is 0 Å². The van der Waals surface area contributed by atoms with E-state index in [9.17, 15) is 29.7 Å². The Morgan fingerprint density at radius 1 is 1.08 bits per heavy atom. The molecule has 0 spiro atoms. The molecule has 2 unspecified atom stereocenters. The second-order valence-electron chi connectivity index (χ2n) is 12.9. The Balaban J connectivity index is 0.964. The molecule has 0 saturated heterocycles. The molecular formula is C38H42N4O7S3. The van der Waals surface area contributed by atoms with E-state index in [0.717, 1.165) is 36.2 Å². The number of hydrogen-bond acceptors (Lipinski definition) is 12. The van der Waals surface area contributed by atoms with Gasteiger partial charge in [0.25, 0.3) is 5.91 Å². The number of carbonyl (C=O) groups excluding carboxylic acids is 2. The summed E-state index contributed by atoms with van der Waals surface area (Å²) in [7, 11) is 1.89. The van der Waals surface area contributed by atoms with Gasteiger partial charge < -0.3 is 40.6 Å². The zero-order chi connectivity index (χ0) is 36.7. The molecule has 52 heavy (non-hydrogen) atoms. The third-order valence-electron chi connectivity index (χ3n) is 9.25. The number of thiophene rings is 2. The number of carbonyl (C=O) groups is 2. The van der Waals surface area contributed by atoms with E-state index in [-0.39, 0.29) is 29.0 Å². The molecule has 1 amide bonds. The molecule has 0 bridgehead atoms. The van der Waals surface area contributed by atoms with Gasteiger partial charge >= 0.3 is 10.8 Å². The minimum atomic E-state index is -1.86. The minimum absolute atomic E-state index is 0.0341. The Labute approximate surface area is 313 Å². The number of aliphatic hydroxyl groups excluding tert-OH is 1. The van der Waals surface area contributed by atoms with Gasteiger partial charge in [-0.25, -0.2) is 4.79 Å². The fourth-order valence-electron chi connectivity index (χ4n) is 6.07. The summed E-state index contributed by atoms with van der Waals surface area (Å²) in [4.78, 5) is 43.6. The van der Waals surface area contributed by atoms with Crippen LogP contribution in [0.4, 0.5) is 0 Å². The highest BCUT2D eigenvalue weighted by atomic mass is 32.1. The van der Waals surface area contributed by atoms with Crippen LogP contribution in [0.15, 0.2) is 88.5 Å². The molecule has 2 atom stereocenters. The average Bonchev–Trinajstić information content (AvgIpc) is 3.92. The fourth-order valence-corrected chi connectivity index (χ4v) is 8.70. The molecule has 2 aromatic carbocycles. The highest BCUT2D eigenvalue weighted by molar-refractivity contribution is 7.16. The summed E-state index contributed by atoms with van der Waals surface area (Å²) >= 11 is 3.58. The number of H-pyrrole nitrogens is 1. The second kappa shape index (κ2) is 17.0. The number of ether oxygens (including phenoxy) is 1. The number of benzene rings is 2. The number of likely N-dealkylation sites (N-methyl/N-ethyl adjacent to an activating group) is 1. The van der Waals surface area contributed by atoms with Crippen molar-refractivity contribution in [2.75, 3.05) is 33.2 Å². The number of hydrogen-bond donors (Lipinski definition) is 6. The van der Waals surface area contributed by atoms with Crippen molar-refractivity contribution in [3.63, 3.8) is 0 Å². The highest BCUT2D eigenvalue weighted by Gasteiger charge is 2.45. The monoisotopic (exact) mass is 762 g/mol. The average molecular weight is 763 g/mol. The van der Waals surface area contributed by atoms with E-state index in [0.29, 0.717) is 57.2 Å². The maximum atomic E-state index is 13.6. The van der Waals surface area contributed by atoms with E-state index in [1.165, 1.54) is 28.7 Å². The Bertz CT molecular complexity index is 2000. The van der Waals surface area contributed by atoms with Crippen LogP contribution >= 0.6 is 34.0 Å². The number of fused-ring (bicyclic) bond motifs is 1. The number of amides is 1. The molecule has 3 heterocycles. The summed E-state index contributed by atoms with van der Waals surface area (Å²) in [6, 6.07) is 17.6. The number of phenolic OH excluding ortho intramolecular Hbond substituents is 1. The van der Waals surface area contributed by atoms with Gasteiger partial charge in [-0.3, -0.25) is 9.59 Å². The topological polar surface area (TPSA) is 164 Å². The van der Waals surface area contributed by atoms with Crippen LogP contribution in [-0.4, -0.2) is 76.4 Å². The predicted octanol–water partition coefficient (Wildman–Crippen LogP) is 5.11. The van der Waals surface area contributed by atoms with Crippen molar-refractivity contribution in [1.82, 2.24) is 20.5 Å². The van der Waals surface area contributed by atoms with Crippen molar-refractivity contribution in [3.05, 3.63) is 120 Å². The number of rotatable bonds is 17. The SMILES string of the molecule is CN(/C=C/C(OC(=O)C(O)(c1cccs1)c1cccs1)C1CCC1)CCNC(=O)c1cccc(CCNCC(O)c2ccc(O)c3[nH]c(=O)sc23)c1. The maximum absolute atomic E-state index is 13.6. The molecular weight excluding hydrogens is 721 g/mol. The first-order valence-electron chi connectivity index (χ1n) is 17.1. The van der Waals surface area contributed by atoms with Gasteiger partial charge in [-0.05, 0) is 90.7 Å². The zero-order valence-corrected chi connectivity index (χ0v) is 31.1. The van der Waals surface area contributed by atoms with Crippen molar-refractivity contribution in [2.45, 2.75) is 43.5 Å². The molecule has 5 aromatic rings. The molecule has 1 aliphatic rings. The fraction of sp³-hybridized carbons (Fsp3) is 0.342. The Morgan fingerprint density at radius 3 is 2.50 bits per heavy atom. The molecule has 274 valence electrons. The predicted molar refractivity (Wildman–Crippen MR) is 205 cm³/mol. The van der Waals surface area contributed by atoms with E-state index >= 15 is 0 Å². The summed E-state index contributed by atoms with van der Waals surface area (Å²) in [5.41, 5.74) is 0.547. The lowest BCUT2D eigenvalue weighted by molar-refractivity contribution is -0.168. The van der Waals surface area contributed by atoms with Gasteiger partial charge in [0.1, 0.15) is 17.4 Å². The van der Waals surface area contributed by atoms with Gasteiger partial charge in [-0.15, -0.1) is 22.7 Å². The second-order valence-corrected chi connectivity index (χ2v) is 15.7. The first-order valence-corrected chi connectivity index (χ1v) is 19.7. The number of aromatic hydroxyl groups is 1. The van der Waals surface area contributed by atoms with Crippen molar-refractivity contribution < 1.29 is 29.6 Å². The summed E-state index contributed by atoms with van der Waals surface area (Å²) in [6.45, 7) is 1.74. The molecule has 6 rings (SSSR count). The zero-order valence-electron chi connectivity index (χ0n) is 28.6. The number of aromatic nitrogens is 1. The van der Waals surface area contributed by atoms with Crippen molar-refractivity contribution >= 4 is 56.1 Å². The van der Waals surface area contributed by atoms with Crippen LogP contribution in [0.3, 0.4) is 0 Å². The largest absolute Gasteiger partial charge is 0.506 e. The van der Waals surface area contributed by atoms with Crippen LogP contribution < -0.4 is 15.5 Å².